The van der Waals surface area contributed by atoms with E-state index in [-0.39, 0.29) is 19.1 Å². The minimum Gasteiger partial charge on any atom is -0.445 e. The van der Waals surface area contributed by atoms with Crippen LogP contribution >= 0.6 is 0 Å². The number of carbonyl (C=O) groups is 3. The number of likely N-dealkylation sites (N-methyl/N-ethyl adjacent to an activating group) is 1. The van der Waals surface area contributed by atoms with Crippen LogP contribution in [0.2, 0.25) is 0 Å². The summed E-state index contributed by atoms with van der Waals surface area (Å²) in [6, 6.07) is 0. The second-order valence-corrected chi connectivity index (χ2v) is 4.81. The zero-order chi connectivity index (χ0) is 17.7. The molecule has 6 heteroatoms. The summed E-state index contributed by atoms with van der Waals surface area (Å²) >= 11 is 0. The Morgan fingerprint density at radius 2 is 1.91 bits per heavy atom. The molecule has 0 fully saturated rings. The molecule has 0 rings (SSSR count). The van der Waals surface area contributed by atoms with Crippen molar-refractivity contribution >= 4 is 17.9 Å². The van der Waals surface area contributed by atoms with Crippen molar-refractivity contribution in [2.75, 3.05) is 20.2 Å². The molecule has 0 aliphatic carbocycles. The highest BCUT2D eigenvalue weighted by Crippen LogP contribution is 1.99. The lowest BCUT2D eigenvalue weighted by Crippen LogP contribution is -2.41. The highest BCUT2D eigenvalue weighted by atomic mass is 16.5. The lowest BCUT2D eigenvalue weighted by atomic mass is 10.2. The summed E-state index contributed by atoms with van der Waals surface area (Å²) < 4.78 is 4.98. The van der Waals surface area contributed by atoms with Crippen molar-refractivity contribution in [2.24, 2.45) is 0 Å². The zero-order valence-electron chi connectivity index (χ0n) is 14.1. The van der Waals surface area contributed by atoms with E-state index in [0.717, 1.165) is 16.9 Å². The number of amides is 3. The number of ether oxygens (including phenoxy) is 1. The summed E-state index contributed by atoms with van der Waals surface area (Å²) in [6.45, 7) is 7.28. The smallest absolute Gasteiger partial charge is 0.407 e. The van der Waals surface area contributed by atoms with E-state index in [1.54, 1.807) is 12.2 Å². The largest absolute Gasteiger partial charge is 0.445 e. The number of hydrogen-bond acceptors (Lipinski definition) is 4. The maximum atomic E-state index is 11.7. The molecule has 23 heavy (non-hydrogen) atoms. The maximum Gasteiger partial charge on any atom is 0.407 e. The van der Waals surface area contributed by atoms with Crippen molar-refractivity contribution in [1.29, 1.82) is 0 Å². The number of allylic oxidation sites excluding steroid dienone is 3. The van der Waals surface area contributed by atoms with Gasteiger partial charge in [0, 0.05) is 13.5 Å². The van der Waals surface area contributed by atoms with Gasteiger partial charge in [0.1, 0.15) is 13.2 Å². The van der Waals surface area contributed by atoms with Gasteiger partial charge in [-0.15, -0.1) is 0 Å². The van der Waals surface area contributed by atoms with Crippen LogP contribution in [-0.2, 0) is 14.3 Å². The molecule has 0 radical (unpaired) electrons. The van der Waals surface area contributed by atoms with Crippen LogP contribution in [0.15, 0.2) is 36.5 Å². The topological polar surface area (TPSA) is 75.7 Å². The number of nitrogens with one attached hydrogen (secondary N) is 1. The molecule has 0 aromatic heterocycles. The zero-order valence-corrected chi connectivity index (χ0v) is 14.1. The first-order valence-corrected chi connectivity index (χ1v) is 7.64. The summed E-state index contributed by atoms with van der Waals surface area (Å²) in [4.78, 5) is 35.8. The van der Waals surface area contributed by atoms with Gasteiger partial charge in [-0.1, -0.05) is 44.7 Å². The quantitative estimate of drug-likeness (QED) is 0.662. The van der Waals surface area contributed by atoms with Gasteiger partial charge in [0.15, 0.2) is 0 Å². The average Bonchev–Trinajstić information content (AvgIpc) is 2.55. The lowest BCUT2D eigenvalue weighted by molar-refractivity contribution is -0.142. The summed E-state index contributed by atoms with van der Waals surface area (Å²) in [5.74, 6) is -0.752. The minimum absolute atomic E-state index is 0.0577. The summed E-state index contributed by atoms with van der Waals surface area (Å²) in [5.41, 5.74) is 0.742. The molecule has 128 valence electrons. The number of hydrogen-bond donors (Lipinski definition) is 1. The molecule has 0 atom stereocenters. The number of imide groups is 1. The van der Waals surface area contributed by atoms with E-state index in [9.17, 15) is 14.4 Å². The molecule has 0 saturated heterocycles. The van der Waals surface area contributed by atoms with Gasteiger partial charge >= 0.3 is 6.09 Å². The molecule has 0 spiro atoms. The van der Waals surface area contributed by atoms with Crippen LogP contribution in [0.25, 0.3) is 0 Å². The van der Waals surface area contributed by atoms with E-state index < -0.39 is 12.0 Å². The second-order valence-electron chi connectivity index (χ2n) is 4.81. The Bertz CT molecular complexity index is 481. The molecule has 0 heterocycles. The highest BCUT2D eigenvalue weighted by Gasteiger charge is 2.16. The Kier molecular flexibility index (Phi) is 10.9. The molecule has 0 aliphatic heterocycles. The fourth-order valence-electron chi connectivity index (χ4n) is 1.49. The second kappa shape index (κ2) is 12.2. The SMILES string of the molecule is C=C/C(=C\C=C/CC)COC(=O)NCC(=O)N(C)C(=O)CCC. The Hall–Kier alpha value is -2.37. The third-order valence-electron chi connectivity index (χ3n) is 2.91. The molecule has 6 nitrogen and oxygen atoms in total. The first kappa shape index (κ1) is 20.6. The number of carbonyl (C=O) groups excluding carboxylic acids is 3. The van der Waals surface area contributed by atoms with Crippen molar-refractivity contribution in [1.82, 2.24) is 10.2 Å². The summed E-state index contributed by atoms with van der Waals surface area (Å²) in [6.07, 6.45) is 8.36. The normalized spacial score (nSPS) is 11.2. The van der Waals surface area contributed by atoms with Crippen molar-refractivity contribution in [2.45, 2.75) is 33.1 Å². The van der Waals surface area contributed by atoms with Gasteiger partial charge in [-0.25, -0.2) is 4.79 Å². The predicted molar refractivity (Wildman–Crippen MR) is 89.7 cm³/mol. The van der Waals surface area contributed by atoms with Gasteiger partial charge in [-0.3, -0.25) is 14.5 Å². The highest BCUT2D eigenvalue weighted by molar-refractivity contribution is 5.96. The molecule has 0 aromatic carbocycles. The van der Waals surface area contributed by atoms with Crippen molar-refractivity contribution < 1.29 is 19.1 Å². The molecule has 0 bridgehead atoms. The number of nitrogens with zero attached hydrogens (tertiary/aromatic N) is 1. The molecular weight excluding hydrogens is 296 g/mol. The van der Waals surface area contributed by atoms with E-state index >= 15 is 0 Å². The van der Waals surface area contributed by atoms with Gasteiger partial charge in [0.05, 0.1) is 0 Å². The van der Waals surface area contributed by atoms with Crippen molar-refractivity contribution in [3.63, 3.8) is 0 Å². The molecule has 3 amide bonds. The first-order valence-electron chi connectivity index (χ1n) is 7.64. The Morgan fingerprint density at radius 3 is 2.48 bits per heavy atom. The molecule has 0 saturated carbocycles. The van der Waals surface area contributed by atoms with Crippen LogP contribution in [0.5, 0.6) is 0 Å². The Balaban J connectivity index is 4.23. The van der Waals surface area contributed by atoms with Crippen LogP contribution in [0.4, 0.5) is 4.79 Å². The van der Waals surface area contributed by atoms with Gasteiger partial charge in [0.25, 0.3) is 0 Å². The van der Waals surface area contributed by atoms with Gasteiger partial charge in [-0.2, -0.15) is 0 Å². The summed E-state index contributed by atoms with van der Waals surface area (Å²) in [5, 5.41) is 2.32. The fourth-order valence-corrected chi connectivity index (χ4v) is 1.49. The third kappa shape index (κ3) is 9.29. The van der Waals surface area contributed by atoms with Crippen LogP contribution in [0, 0.1) is 0 Å². The lowest BCUT2D eigenvalue weighted by Gasteiger charge is -2.15. The van der Waals surface area contributed by atoms with E-state index in [1.165, 1.54) is 7.05 Å². The standard InChI is InChI=1S/C17H26N2O4/c1-5-8-9-11-14(7-3)13-23-17(22)18-12-16(21)19(4)15(20)10-6-2/h7-9,11H,3,5-6,10,12-13H2,1-2,4H3,(H,18,22)/b9-8-,14-11+. The molecule has 0 aliphatic rings. The average molecular weight is 322 g/mol. The van der Waals surface area contributed by atoms with Crippen molar-refractivity contribution in [3.05, 3.63) is 36.5 Å². The molecule has 1 N–H and O–H groups in total. The number of alkyl carbamates (subject to hydrolysis) is 1. The fraction of sp³-hybridized carbons (Fsp3) is 0.471. The van der Waals surface area contributed by atoms with Crippen LogP contribution < -0.4 is 5.32 Å². The van der Waals surface area contributed by atoms with Gasteiger partial charge < -0.3 is 10.1 Å². The molecule has 0 aromatic rings. The van der Waals surface area contributed by atoms with Gasteiger partial charge in [0.2, 0.25) is 11.8 Å². The Morgan fingerprint density at radius 1 is 1.22 bits per heavy atom. The monoisotopic (exact) mass is 322 g/mol. The van der Waals surface area contributed by atoms with Crippen LogP contribution in [0.3, 0.4) is 0 Å². The minimum atomic E-state index is -0.720. The van der Waals surface area contributed by atoms with Crippen molar-refractivity contribution in [3.8, 4) is 0 Å². The van der Waals surface area contributed by atoms with Crippen LogP contribution in [-0.4, -0.2) is 43.0 Å². The molecule has 0 unspecified atom stereocenters. The first-order chi connectivity index (χ1) is 11.0. The predicted octanol–water partition coefficient (Wildman–Crippen LogP) is 2.58. The van der Waals surface area contributed by atoms with E-state index in [1.807, 2.05) is 26.0 Å². The van der Waals surface area contributed by atoms with Gasteiger partial charge in [-0.05, 0) is 18.4 Å². The van der Waals surface area contributed by atoms with E-state index in [4.69, 9.17) is 4.74 Å². The molecular formula is C17H26N2O4. The van der Waals surface area contributed by atoms with Crippen LogP contribution in [0.1, 0.15) is 33.1 Å². The Labute approximate surface area is 137 Å². The summed E-state index contributed by atoms with van der Waals surface area (Å²) in [7, 11) is 1.39. The maximum absolute atomic E-state index is 11.7. The number of rotatable bonds is 9. The van der Waals surface area contributed by atoms with E-state index in [2.05, 4.69) is 11.9 Å². The third-order valence-corrected chi connectivity index (χ3v) is 2.91. The van der Waals surface area contributed by atoms with E-state index in [0.29, 0.717) is 12.8 Å².